The molecule has 0 saturated carbocycles. The first-order valence-electron chi connectivity index (χ1n) is 5.43. The molecule has 0 radical (unpaired) electrons. The van der Waals surface area contributed by atoms with Crippen LogP contribution >= 0.6 is 46.2 Å². The number of rotatable bonds is 4. The Morgan fingerprint density at radius 2 is 1.11 bits per heavy atom. The number of thiophene rings is 2. The zero-order valence-electron chi connectivity index (χ0n) is 9.41. The molecule has 3 aromatic rings. The number of hydrogen-bond donors (Lipinski definition) is 0. The van der Waals surface area contributed by atoms with E-state index in [0.29, 0.717) is 0 Å². The second-order valence-electron chi connectivity index (χ2n) is 3.52. The molecule has 2 heterocycles. The molecular formula is C14H10S4. The zero-order chi connectivity index (χ0) is 12.2. The smallest absolute Gasteiger partial charge is 0.0646 e. The van der Waals surface area contributed by atoms with Gasteiger partial charge in [0.15, 0.2) is 0 Å². The highest BCUT2D eigenvalue weighted by atomic mass is 32.2. The van der Waals surface area contributed by atoms with Gasteiger partial charge in [0.2, 0.25) is 0 Å². The van der Waals surface area contributed by atoms with Crippen LogP contribution in [0.25, 0.3) is 0 Å². The Bertz CT molecular complexity index is 541. The molecule has 0 aliphatic rings. The number of benzene rings is 1. The predicted molar refractivity (Wildman–Crippen MR) is 83.3 cm³/mol. The van der Waals surface area contributed by atoms with Crippen molar-refractivity contribution < 1.29 is 0 Å². The van der Waals surface area contributed by atoms with Crippen molar-refractivity contribution in [2.24, 2.45) is 0 Å². The van der Waals surface area contributed by atoms with Crippen LogP contribution < -0.4 is 0 Å². The van der Waals surface area contributed by atoms with E-state index in [0.717, 1.165) is 0 Å². The van der Waals surface area contributed by atoms with Gasteiger partial charge in [-0.25, -0.2) is 0 Å². The van der Waals surface area contributed by atoms with Gasteiger partial charge in [-0.3, -0.25) is 0 Å². The average Bonchev–Trinajstić information content (AvgIpc) is 3.05. The van der Waals surface area contributed by atoms with Crippen LogP contribution in [-0.2, 0) is 0 Å². The summed E-state index contributed by atoms with van der Waals surface area (Å²) < 4.78 is 2.68. The van der Waals surface area contributed by atoms with E-state index in [-0.39, 0.29) is 0 Å². The minimum absolute atomic E-state index is 1.33. The number of hydrogen-bond acceptors (Lipinski definition) is 4. The van der Waals surface area contributed by atoms with Gasteiger partial charge < -0.3 is 0 Å². The Hall–Kier alpha value is -0.680. The Kier molecular flexibility index (Phi) is 4.10. The molecular weight excluding hydrogens is 296 g/mol. The molecule has 0 atom stereocenters. The summed E-state index contributed by atoms with van der Waals surface area (Å²) in [7, 11) is 0. The molecule has 0 fully saturated rings. The van der Waals surface area contributed by atoms with Gasteiger partial charge in [0.1, 0.15) is 0 Å². The molecule has 0 saturated heterocycles. The minimum Gasteiger partial charge on any atom is -0.137 e. The molecule has 18 heavy (non-hydrogen) atoms. The van der Waals surface area contributed by atoms with E-state index in [4.69, 9.17) is 0 Å². The van der Waals surface area contributed by atoms with E-state index in [1.165, 1.54) is 18.2 Å². The third-order valence-electron chi connectivity index (χ3n) is 2.26. The molecule has 0 amide bonds. The fraction of sp³-hybridized carbons (Fsp3) is 0. The van der Waals surface area contributed by atoms with Gasteiger partial charge in [0, 0.05) is 9.79 Å². The third-order valence-corrected chi connectivity index (χ3v) is 6.62. The summed E-state index contributed by atoms with van der Waals surface area (Å²) in [5.41, 5.74) is 0. The van der Waals surface area contributed by atoms with Crippen molar-refractivity contribution >= 4 is 46.2 Å². The molecule has 0 N–H and O–H groups in total. The average molecular weight is 307 g/mol. The predicted octanol–water partition coefficient (Wildman–Crippen LogP) is 6.11. The molecule has 3 rings (SSSR count). The van der Waals surface area contributed by atoms with Gasteiger partial charge in [-0.15, -0.1) is 22.7 Å². The highest BCUT2D eigenvalue weighted by molar-refractivity contribution is 8.04. The first kappa shape index (κ1) is 12.4. The first-order chi connectivity index (χ1) is 8.92. The van der Waals surface area contributed by atoms with Crippen molar-refractivity contribution in [3.8, 4) is 0 Å². The van der Waals surface area contributed by atoms with E-state index >= 15 is 0 Å². The molecule has 0 aliphatic heterocycles. The summed E-state index contributed by atoms with van der Waals surface area (Å²) in [5.74, 6) is 0. The van der Waals surface area contributed by atoms with Gasteiger partial charge in [0.05, 0.1) is 8.42 Å². The van der Waals surface area contributed by atoms with Crippen molar-refractivity contribution in [1.29, 1.82) is 0 Å². The molecule has 0 unspecified atom stereocenters. The molecule has 1 aromatic carbocycles. The summed E-state index contributed by atoms with van der Waals surface area (Å²) >= 11 is 7.27. The zero-order valence-corrected chi connectivity index (χ0v) is 12.7. The van der Waals surface area contributed by atoms with E-state index < -0.39 is 0 Å². The maximum Gasteiger partial charge on any atom is 0.0646 e. The summed E-state index contributed by atoms with van der Waals surface area (Å²) in [4.78, 5) is 2.66. The molecule has 90 valence electrons. The lowest BCUT2D eigenvalue weighted by atomic mass is 10.4. The van der Waals surface area contributed by atoms with Gasteiger partial charge in [0.25, 0.3) is 0 Å². The van der Waals surface area contributed by atoms with E-state index in [2.05, 4.69) is 59.3 Å². The van der Waals surface area contributed by atoms with Crippen LogP contribution in [0.15, 0.2) is 77.5 Å². The lowest BCUT2D eigenvalue weighted by molar-refractivity contribution is 1.25. The van der Waals surface area contributed by atoms with Crippen LogP contribution in [-0.4, -0.2) is 0 Å². The van der Waals surface area contributed by atoms with Crippen LogP contribution in [0.5, 0.6) is 0 Å². The topological polar surface area (TPSA) is 0 Å². The van der Waals surface area contributed by atoms with Crippen molar-refractivity contribution in [3.05, 3.63) is 59.3 Å². The Morgan fingerprint density at radius 3 is 1.50 bits per heavy atom. The van der Waals surface area contributed by atoms with Crippen LogP contribution in [0, 0.1) is 0 Å². The van der Waals surface area contributed by atoms with Crippen molar-refractivity contribution in [3.63, 3.8) is 0 Å². The first-order valence-corrected chi connectivity index (χ1v) is 8.83. The third kappa shape index (κ3) is 3.01. The van der Waals surface area contributed by atoms with Gasteiger partial charge in [-0.05, 0) is 35.0 Å². The quantitative estimate of drug-likeness (QED) is 0.570. The van der Waals surface area contributed by atoms with Crippen molar-refractivity contribution in [1.82, 2.24) is 0 Å². The van der Waals surface area contributed by atoms with Crippen LogP contribution in [0.3, 0.4) is 0 Å². The van der Waals surface area contributed by atoms with Gasteiger partial charge >= 0.3 is 0 Å². The fourth-order valence-corrected chi connectivity index (χ4v) is 5.24. The normalized spacial score (nSPS) is 10.7. The van der Waals surface area contributed by atoms with Crippen LogP contribution in [0.4, 0.5) is 0 Å². The summed E-state index contributed by atoms with van der Waals surface area (Å²) in [6.45, 7) is 0. The highest BCUT2D eigenvalue weighted by Gasteiger charge is 2.06. The highest BCUT2D eigenvalue weighted by Crippen LogP contribution is 2.41. The standard InChI is InChI=1S/C14H10S4/c1-2-6-12(18-14-8-4-10-16-14)11(5-1)17-13-7-3-9-15-13/h1-10H. The lowest BCUT2D eigenvalue weighted by Gasteiger charge is -2.06. The minimum atomic E-state index is 1.33. The largest absolute Gasteiger partial charge is 0.137 e. The molecule has 2 aromatic heterocycles. The second kappa shape index (κ2) is 5.97. The molecule has 0 spiro atoms. The molecule has 0 aliphatic carbocycles. The monoisotopic (exact) mass is 306 g/mol. The van der Waals surface area contributed by atoms with Crippen molar-refractivity contribution in [2.75, 3.05) is 0 Å². The van der Waals surface area contributed by atoms with Gasteiger partial charge in [-0.2, -0.15) is 0 Å². The van der Waals surface area contributed by atoms with E-state index in [1.54, 1.807) is 22.7 Å². The van der Waals surface area contributed by atoms with Crippen LogP contribution in [0.1, 0.15) is 0 Å². The Balaban J connectivity index is 1.85. The Morgan fingerprint density at radius 1 is 0.611 bits per heavy atom. The van der Waals surface area contributed by atoms with Crippen LogP contribution in [0.2, 0.25) is 0 Å². The molecule has 0 bridgehead atoms. The summed E-state index contributed by atoms with van der Waals surface area (Å²) in [6.07, 6.45) is 0. The maximum atomic E-state index is 2.19. The Labute approximate surface area is 123 Å². The maximum absolute atomic E-state index is 2.19. The fourth-order valence-electron chi connectivity index (χ4n) is 1.48. The van der Waals surface area contributed by atoms with Gasteiger partial charge in [-0.1, -0.05) is 47.8 Å². The molecule has 4 heteroatoms. The molecule has 0 nitrogen and oxygen atoms in total. The van der Waals surface area contributed by atoms with E-state index in [1.807, 2.05) is 23.5 Å². The van der Waals surface area contributed by atoms with E-state index in [9.17, 15) is 0 Å². The summed E-state index contributed by atoms with van der Waals surface area (Å²) in [6, 6.07) is 17.1. The second-order valence-corrected chi connectivity index (χ2v) is 8.09. The lowest BCUT2D eigenvalue weighted by Crippen LogP contribution is -1.76. The van der Waals surface area contributed by atoms with Crippen molar-refractivity contribution in [2.45, 2.75) is 18.2 Å². The SMILES string of the molecule is c1csc(Sc2ccccc2Sc2cccs2)c1. The summed E-state index contributed by atoms with van der Waals surface area (Å²) in [5, 5.41) is 4.24.